The number of hydrogen-bond donors (Lipinski definition) is 2. The van der Waals surface area contributed by atoms with Crippen LogP contribution in [0.25, 0.3) is 0 Å². The van der Waals surface area contributed by atoms with E-state index in [1.165, 1.54) is 7.11 Å². The van der Waals surface area contributed by atoms with E-state index >= 15 is 0 Å². The summed E-state index contributed by atoms with van der Waals surface area (Å²) in [6.45, 7) is 4.05. The molecule has 172 valence electrons. The highest BCUT2D eigenvalue weighted by Crippen LogP contribution is 2.30. The van der Waals surface area contributed by atoms with Crippen LogP contribution in [0.3, 0.4) is 0 Å². The molecule has 4 rings (SSSR count). The van der Waals surface area contributed by atoms with E-state index in [9.17, 15) is 14.7 Å². The second-order valence-electron chi connectivity index (χ2n) is 8.49. The number of piperidine rings is 1. The molecular weight excluding hydrogens is 422 g/mol. The molecule has 1 atom stereocenters. The van der Waals surface area contributed by atoms with Crippen molar-refractivity contribution >= 4 is 17.6 Å². The van der Waals surface area contributed by atoms with Gasteiger partial charge in [0.05, 0.1) is 24.3 Å². The van der Waals surface area contributed by atoms with Crippen molar-refractivity contribution in [2.24, 2.45) is 5.92 Å². The van der Waals surface area contributed by atoms with Crippen LogP contribution in [0.4, 0.5) is 5.69 Å². The molecule has 0 bridgehead atoms. The number of fused-ring (bicyclic) bond motifs is 1. The molecule has 0 aromatic heterocycles. The quantitative estimate of drug-likeness (QED) is 0.652. The average molecular weight is 450 g/mol. The van der Waals surface area contributed by atoms with Crippen molar-refractivity contribution in [3.05, 3.63) is 58.1 Å². The molecule has 0 radical (unpaired) electrons. The maximum absolute atomic E-state index is 12.7. The van der Waals surface area contributed by atoms with Gasteiger partial charge in [-0.05, 0) is 62.2 Å². The van der Waals surface area contributed by atoms with Gasteiger partial charge < -0.3 is 24.8 Å². The maximum atomic E-state index is 12.7. The molecule has 1 saturated heterocycles. The molecule has 8 nitrogen and oxygen atoms in total. The van der Waals surface area contributed by atoms with E-state index in [0.29, 0.717) is 55.0 Å². The van der Waals surface area contributed by atoms with Gasteiger partial charge in [0.15, 0.2) is 0 Å². The molecule has 2 aromatic rings. The Morgan fingerprint density at radius 3 is 2.79 bits per heavy atom. The summed E-state index contributed by atoms with van der Waals surface area (Å²) < 4.78 is 10.3. The fraction of sp³-hybridized carbons (Fsp3) is 0.400. The standard InChI is InChI=1S/C25H27N3O5/c1-15-19(5-6-20-21(15)14-33-25(20)31)22(29)13-28-9-7-16(8-10-28)24(30)27-18-4-3-17(12-26)23(11-18)32-2/h3-6,11,16,22,29H,7-10,13-14H2,1-2H3,(H,27,30)/t22-/m0/s1. The van der Waals surface area contributed by atoms with Gasteiger partial charge in [-0.2, -0.15) is 5.26 Å². The van der Waals surface area contributed by atoms with Crippen LogP contribution in [0, 0.1) is 24.2 Å². The number of nitrogens with zero attached hydrogens (tertiary/aromatic N) is 2. The molecule has 0 saturated carbocycles. The number of nitrogens with one attached hydrogen (secondary N) is 1. The number of methoxy groups -OCH3 is 1. The molecule has 2 heterocycles. The number of esters is 1. The number of hydrogen-bond acceptors (Lipinski definition) is 7. The summed E-state index contributed by atoms with van der Waals surface area (Å²) in [6, 6.07) is 10.6. The number of nitriles is 1. The van der Waals surface area contributed by atoms with E-state index in [4.69, 9.17) is 14.7 Å². The lowest BCUT2D eigenvalue weighted by Gasteiger charge is -2.33. The first-order chi connectivity index (χ1) is 15.9. The Morgan fingerprint density at radius 1 is 1.33 bits per heavy atom. The third-order valence-electron chi connectivity index (χ3n) is 6.55. The number of aliphatic hydroxyl groups excluding tert-OH is 1. The summed E-state index contributed by atoms with van der Waals surface area (Å²) in [5.74, 6) is -0.0585. The van der Waals surface area contributed by atoms with E-state index in [-0.39, 0.29) is 24.4 Å². The fourth-order valence-corrected chi connectivity index (χ4v) is 4.55. The number of aliphatic hydroxyl groups is 1. The van der Waals surface area contributed by atoms with Crippen molar-refractivity contribution in [1.82, 2.24) is 4.90 Å². The van der Waals surface area contributed by atoms with E-state index < -0.39 is 6.10 Å². The predicted octanol–water partition coefficient (Wildman–Crippen LogP) is 2.93. The SMILES string of the molecule is COc1cc(NC(=O)C2CCN(C[C@H](O)c3ccc4c(c3C)COC4=O)CC2)ccc1C#N. The first kappa shape index (κ1) is 22.8. The highest BCUT2D eigenvalue weighted by atomic mass is 16.5. The monoisotopic (exact) mass is 449 g/mol. The van der Waals surface area contributed by atoms with Gasteiger partial charge in [-0.25, -0.2) is 4.79 Å². The molecule has 2 N–H and O–H groups in total. The minimum absolute atomic E-state index is 0.0545. The van der Waals surface area contributed by atoms with Crippen LogP contribution in [-0.4, -0.2) is 48.6 Å². The van der Waals surface area contributed by atoms with Crippen LogP contribution in [0.1, 0.15) is 51.6 Å². The number of ether oxygens (including phenoxy) is 2. The molecule has 8 heteroatoms. The van der Waals surface area contributed by atoms with Crippen molar-refractivity contribution < 1.29 is 24.2 Å². The third kappa shape index (κ3) is 4.70. The fourth-order valence-electron chi connectivity index (χ4n) is 4.55. The van der Waals surface area contributed by atoms with Gasteiger partial charge in [0.25, 0.3) is 0 Å². The summed E-state index contributed by atoms with van der Waals surface area (Å²) in [7, 11) is 1.49. The van der Waals surface area contributed by atoms with Crippen LogP contribution in [0.15, 0.2) is 30.3 Å². The third-order valence-corrected chi connectivity index (χ3v) is 6.55. The summed E-state index contributed by atoms with van der Waals surface area (Å²) in [5.41, 5.74) is 4.16. The number of β-amino-alcohol motifs (C(OH)–C–C–N with tert-alkyl or cyclic N) is 1. The number of rotatable bonds is 6. The average Bonchev–Trinajstić information content (AvgIpc) is 3.21. The van der Waals surface area contributed by atoms with Crippen LogP contribution >= 0.6 is 0 Å². The van der Waals surface area contributed by atoms with Crippen molar-refractivity contribution in [3.8, 4) is 11.8 Å². The number of carbonyl (C=O) groups excluding carboxylic acids is 2. The van der Waals surface area contributed by atoms with Crippen LogP contribution in [-0.2, 0) is 16.1 Å². The molecular formula is C25H27N3O5. The molecule has 1 amide bonds. The van der Waals surface area contributed by atoms with Crippen LogP contribution in [0.2, 0.25) is 0 Å². The molecule has 2 aliphatic heterocycles. The molecule has 2 aliphatic rings. The smallest absolute Gasteiger partial charge is 0.338 e. The molecule has 33 heavy (non-hydrogen) atoms. The number of benzene rings is 2. The topological polar surface area (TPSA) is 112 Å². The van der Waals surface area contributed by atoms with Crippen molar-refractivity contribution in [3.63, 3.8) is 0 Å². The highest BCUT2D eigenvalue weighted by molar-refractivity contribution is 5.94. The predicted molar refractivity (Wildman–Crippen MR) is 121 cm³/mol. The lowest BCUT2D eigenvalue weighted by Crippen LogP contribution is -2.40. The molecule has 1 fully saturated rings. The lowest BCUT2D eigenvalue weighted by atomic mass is 9.93. The minimum Gasteiger partial charge on any atom is -0.495 e. The zero-order valence-electron chi connectivity index (χ0n) is 18.8. The lowest BCUT2D eigenvalue weighted by molar-refractivity contribution is -0.121. The summed E-state index contributed by atoms with van der Waals surface area (Å²) in [4.78, 5) is 26.6. The Hall–Kier alpha value is -3.41. The highest BCUT2D eigenvalue weighted by Gasteiger charge is 2.29. The second-order valence-corrected chi connectivity index (χ2v) is 8.49. The Balaban J connectivity index is 1.32. The number of anilines is 1. The van der Waals surface area contributed by atoms with Gasteiger partial charge in [0.2, 0.25) is 5.91 Å². The van der Waals surface area contributed by atoms with E-state index in [0.717, 1.165) is 16.7 Å². The van der Waals surface area contributed by atoms with Gasteiger partial charge >= 0.3 is 5.97 Å². The van der Waals surface area contributed by atoms with Crippen molar-refractivity contribution in [2.75, 3.05) is 32.1 Å². The Bertz CT molecular complexity index is 1120. The number of amides is 1. The van der Waals surface area contributed by atoms with Crippen molar-refractivity contribution in [2.45, 2.75) is 32.5 Å². The second kappa shape index (κ2) is 9.61. The maximum Gasteiger partial charge on any atom is 0.338 e. The Morgan fingerprint density at radius 2 is 2.09 bits per heavy atom. The molecule has 0 unspecified atom stereocenters. The Labute approximate surface area is 192 Å². The van der Waals surface area contributed by atoms with E-state index in [1.807, 2.05) is 6.92 Å². The normalized spacial score (nSPS) is 17.1. The zero-order valence-corrected chi connectivity index (χ0v) is 18.8. The zero-order chi connectivity index (χ0) is 23.5. The van der Waals surface area contributed by atoms with Gasteiger partial charge in [0.1, 0.15) is 18.4 Å². The molecule has 2 aromatic carbocycles. The largest absolute Gasteiger partial charge is 0.495 e. The summed E-state index contributed by atoms with van der Waals surface area (Å²) >= 11 is 0. The first-order valence-corrected chi connectivity index (χ1v) is 11.0. The van der Waals surface area contributed by atoms with Gasteiger partial charge in [-0.1, -0.05) is 6.07 Å². The van der Waals surface area contributed by atoms with Crippen LogP contribution in [0.5, 0.6) is 5.75 Å². The Kier molecular flexibility index (Phi) is 6.63. The number of cyclic esters (lactones) is 1. The first-order valence-electron chi connectivity index (χ1n) is 11.0. The van der Waals surface area contributed by atoms with E-state index in [1.54, 1.807) is 30.3 Å². The number of likely N-dealkylation sites (tertiary alicyclic amines) is 1. The minimum atomic E-state index is -0.678. The summed E-state index contributed by atoms with van der Waals surface area (Å²) in [6.07, 6.45) is 0.706. The summed E-state index contributed by atoms with van der Waals surface area (Å²) in [5, 5.41) is 22.8. The van der Waals surface area contributed by atoms with Gasteiger partial charge in [-0.15, -0.1) is 0 Å². The van der Waals surface area contributed by atoms with Crippen molar-refractivity contribution in [1.29, 1.82) is 5.26 Å². The van der Waals surface area contributed by atoms with Gasteiger partial charge in [-0.3, -0.25) is 4.79 Å². The van der Waals surface area contributed by atoms with E-state index in [2.05, 4.69) is 16.3 Å². The molecule has 0 aliphatic carbocycles. The van der Waals surface area contributed by atoms with Crippen LogP contribution < -0.4 is 10.1 Å². The molecule has 0 spiro atoms. The number of carbonyl (C=O) groups is 2. The van der Waals surface area contributed by atoms with Gasteiger partial charge in [0, 0.05) is 29.8 Å².